The molecule has 2 aromatic rings. The molecule has 0 aromatic heterocycles. The standard InChI is InChI=1S/C20H18O4/c1-2-9-16(14-10-5-3-6-11-14)18(22)20(24)19(23)17(21)15-12-7-4-8-13-15/h3-8,10-13,16H,2,9H2,1H3. The normalized spacial score (nSPS) is 11.5. The lowest BCUT2D eigenvalue weighted by molar-refractivity contribution is -0.143. The van der Waals surface area contributed by atoms with Gasteiger partial charge < -0.3 is 0 Å². The van der Waals surface area contributed by atoms with Crippen LogP contribution >= 0.6 is 0 Å². The van der Waals surface area contributed by atoms with E-state index in [9.17, 15) is 19.2 Å². The van der Waals surface area contributed by atoms with Gasteiger partial charge in [-0.05, 0) is 12.0 Å². The molecule has 0 bridgehead atoms. The number of carbonyl (C=O) groups excluding carboxylic acids is 4. The fourth-order valence-electron chi connectivity index (χ4n) is 2.52. The highest BCUT2D eigenvalue weighted by Crippen LogP contribution is 2.23. The molecule has 0 aliphatic heterocycles. The van der Waals surface area contributed by atoms with Gasteiger partial charge in [0.2, 0.25) is 11.6 Å². The molecule has 0 amide bonds. The van der Waals surface area contributed by atoms with E-state index in [0.717, 1.165) is 0 Å². The molecule has 0 aliphatic carbocycles. The van der Waals surface area contributed by atoms with Crippen molar-refractivity contribution in [3.63, 3.8) is 0 Å². The minimum Gasteiger partial charge on any atom is -0.290 e. The molecule has 0 spiro atoms. The van der Waals surface area contributed by atoms with Gasteiger partial charge in [0.1, 0.15) is 0 Å². The third-order valence-electron chi connectivity index (χ3n) is 3.77. The van der Waals surface area contributed by atoms with Crippen molar-refractivity contribution in [2.24, 2.45) is 0 Å². The molecule has 2 rings (SSSR count). The summed E-state index contributed by atoms with van der Waals surface area (Å²) in [5.41, 5.74) is 0.785. The molecule has 0 heterocycles. The monoisotopic (exact) mass is 322 g/mol. The molecule has 4 nitrogen and oxygen atoms in total. The minimum absolute atomic E-state index is 0.107. The van der Waals surface area contributed by atoms with Crippen LogP contribution in [0.5, 0.6) is 0 Å². The number of rotatable bonds is 8. The second kappa shape index (κ2) is 8.11. The highest BCUT2D eigenvalue weighted by molar-refractivity contribution is 6.80. The van der Waals surface area contributed by atoms with Gasteiger partial charge >= 0.3 is 0 Å². The van der Waals surface area contributed by atoms with E-state index in [1.165, 1.54) is 12.1 Å². The summed E-state index contributed by atoms with van der Waals surface area (Å²) >= 11 is 0. The zero-order valence-corrected chi connectivity index (χ0v) is 13.4. The van der Waals surface area contributed by atoms with Crippen LogP contribution in [0.4, 0.5) is 0 Å². The lowest BCUT2D eigenvalue weighted by Crippen LogP contribution is -2.33. The fourth-order valence-corrected chi connectivity index (χ4v) is 2.52. The fraction of sp³-hybridized carbons (Fsp3) is 0.200. The highest BCUT2D eigenvalue weighted by Gasteiger charge is 2.34. The molecule has 0 aliphatic rings. The van der Waals surface area contributed by atoms with Gasteiger partial charge in [-0.3, -0.25) is 19.2 Å². The molecule has 0 radical (unpaired) electrons. The second-order valence-corrected chi connectivity index (χ2v) is 5.47. The topological polar surface area (TPSA) is 68.3 Å². The first-order valence-corrected chi connectivity index (χ1v) is 7.83. The van der Waals surface area contributed by atoms with E-state index in [1.807, 2.05) is 13.0 Å². The summed E-state index contributed by atoms with van der Waals surface area (Å²) in [5.74, 6) is -4.99. The SMILES string of the molecule is CCCC(C(=O)C(=O)C(=O)C(=O)c1ccccc1)c1ccccc1. The van der Waals surface area contributed by atoms with E-state index < -0.39 is 29.1 Å². The minimum atomic E-state index is -1.27. The molecule has 1 unspecified atom stereocenters. The number of ketones is 4. The van der Waals surface area contributed by atoms with Gasteiger partial charge in [-0.2, -0.15) is 0 Å². The van der Waals surface area contributed by atoms with E-state index in [4.69, 9.17) is 0 Å². The molecule has 0 fully saturated rings. The van der Waals surface area contributed by atoms with Crippen LogP contribution in [-0.4, -0.2) is 23.1 Å². The molecular weight excluding hydrogens is 304 g/mol. The Morgan fingerprint density at radius 3 is 1.88 bits per heavy atom. The predicted octanol–water partition coefficient (Wildman–Crippen LogP) is 3.16. The number of hydrogen-bond donors (Lipinski definition) is 0. The molecule has 0 N–H and O–H groups in total. The highest BCUT2D eigenvalue weighted by atomic mass is 16.2. The number of carbonyl (C=O) groups is 4. The molecule has 4 heteroatoms. The summed E-state index contributed by atoms with van der Waals surface area (Å²) in [6.07, 6.45) is 1.13. The summed E-state index contributed by atoms with van der Waals surface area (Å²) in [6, 6.07) is 16.6. The van der Waals surface area contributed by atoms with Gasteiger partial charge in [-0.1, -0.05) is 74.0 Å². The summed E-state index contributed by atoms with van der Waals surface area (Å²) in [5, 5.41) is 0. The summed E-state index contributed by atoms with van der Waals surface area (Å²) in [4.78, 5) is 48.9. The summed E-state index contributed by atoms with van der Waals surface area (Å²) in [7, 11) is 0. The Morgan fingerprint density at radius 1 is 0.792 bits per heavy atom. The first-order chi connectivity index (χ1) is 11.6. The lowest BCUT2D eigenvalue weighted by atomic mass is 9.87. The molecular formula is C20H18O4. The van der Waals surface area contributed by atoms with Crippen molar-refractivity contribution in [2.45, 2.75) is 25.7 Å². The Labute approximate surface area is 140 Å². The average molecular weight is 322 g/mol. The molecule has 0 saturated heterocycles. The van der Waals surface area contributed by atoms with E-state index in [2.05, 4.69) is 0 Å². The quantitative estimate of drug-likeness (QED) is 0.425. The third kappa shape index (κ3) is 3.90. The largest absolute Gasteiger partial charge is 0.290 e. The van der Waals surface area contributed by atoms with E-state index in [-0.39, 0.29) is 5.56 Å². The number of benzene rings is 2. The van der Waals surface area contributed by atoms with E-state index in [0.29, 0.717) is 18.4 Å². The summed E-state index contributed by atoms with van der Waals surface area (Å²) < 4.78 is 0. The Balaban J connectivity index is 2.22. The zero-order chi connectivity index (χ0) is 17.5. The molecule has 2 aromatic carbocycles. The van der Waals surface area contributed by atoms with Crippen LogP contribution < -0.4 is 0 Å². The van der Waals surface area contributed by atoms with Crippen LogP contribution in [-0.2, 0) is 14.4 Å². The lowest BCUT2D eigenvalue weighted by Gasteiger charge is -2.14. The predicted molar refractivity (Wildman–Crippen MR) is 89.9 cm³/mol. The van der Waals surface area contributed by atoms with Gasteiger partial charge in [0.25, 0.3) is 11.6 Å². The molecule has 24 heavy (non-hydrogen) atoms. The van der Waals surface area contributed by atoms with E-state index >= 15 is 0 Å². The van der Waals surface area contributed by atoms with Gasteiger partial charge in [-0.25, -0.2) is 0 Å². The van der Waals surface area contributed by atoms with Crippen molar-refractivity contribution < 1.29 is 19.2 Å². The molecule has 122 valence electrons. The first kappa shape index (κ1) is 17.5. The maximum atomic E-state index is 12.5. The first-order valence-electron chi connectivity index (χ1n) is 7.83. The Kier molecular flexibility index (Phi) is 5.90. The average Bonchev–Trinajstić information content (AvgIpc) is 2.65. The Hall–Kier alpha value is -2.88. The van der Waals surface area contributed by atoms with Crippen molar-refractivity contribution in [2.75, 3.05) is 0 Å². The van der Waals surface area contributed by atoms with Crippen LogP contribution in [0, 0.1) is 0 Å². The van der Waals surface area contributed by atoms with Gasteiger partial charge in [0, 0.05) is 5.56 Å². The van der Waals surface area contributed by atoms with Crippen LogP contribution in [0.3, 0.4) is 0 Å². The van der Waals surface area contributed by atoms with Crippen LogP contribution in [0.2, 0.25) is 0 Å². The third-order valence-corrected chi connectivity index (χ3v) is 3.77. The maximum Gasteiger partial charge on any atom is 0.277 e. The second-order valence-electron chi connectivity index (χ2n) is 5.47. The van der Waals surface area contributed by atoms with Crippen LogP contribution in [0.25, 0.3) is 0 Å². The van der Waals surface area contributed by atoms with Crippen molar-refractivity contribution in [1.82, 2.24) is 0 Å². The van der Waals surface area contributed by atoms with Crippen molar-refractivity contribution in [3.8, 4) is 0 Å². The van der Waals surface area contributed by atoms with Crippen molar-refractivity contribution in [3.05, 3.63) is 71.8 Å². The van der Waals surface area contributed by atoms with Crippen molar-refractivity contribution >= 4 is 23.1 Å². The van der Waals surface area contributed by atoms with Crippen LogP contribution in [0.1, 0.15) is 41.6 Å². The maximum absolute atomic E-state index is 12.5. The number of hydrogen-bond acceptors (Lipinski definition) is 4. The summed E-state index contributed by atoms with van der Waals surface area (Å²) in [6.45, 7) is 1.89. The Morgan fingerprint density at radius 2 is 1.33 bits per heavy atom. The Bertz CT molecular complexity index is 748. The van der Waals surface area contributed by atoms with Gasteiger partial charge in [-0.15, -0.1) is 0 Å². The van der Waals surface area contributed by atoms with E-state index in [1.54, 1.807) is 42.5 Å². The zero-order valence-electron chi connectivity index (χ0n) is 13.4. The molecule has 1 atom stereocenters. The van der Waals surface area contributed by atoms with Gasteiger partial charge in [0.15, 0.2) is 0 Å². The smallest absolute Gasteiger partial charge is 0.277 e. The number of Topliss-reactive ketones (excluding diaryl/α,β-unsaturated/α-hetero) is 4. The molecule has 0 saturated carbocycles. The van der Waals surface area contributed by atoms with Crippen LogP contribution in [0.15, 0.2) is 60.7 Å². The van der Waals surface area contributed by atoms with Gasteiger partial charge in [0.05, 0.1) is 5.92 Å². The van der Waals surface area contributed by atoms with Crippen molar-refractivity contribution in [1.29, 1.82) is 0 Å².